The normalized spacial score (nSPS) is 34.5. The van der Waals surface area contributed by atoms with Gasteiger partial charge in [0.25, 0.3) is 0 Å². The highest BCUT2D eigenvalue weighted by molar-refractivity contribution is 6.42. The minimum atomic E-state index is -1.27. The maximum Gasteiger partial charge on any atom is 0.223 e. The third kappa shape index (κ3) is 4.24. The predicted octanol–water partition coefficient (Wildman–Crippen LogP) is 4.46. The van der Waals surface area contributed by atoms with E-state index in [0.29, 0.717) is 38.5 Å². The van der Waals surface area contributed by atoms with Gasteiger partial charge in [-0.15, -0.1) is 0 Å². The molecule has 3 aliphatic carbocycles. The molecular formula is C23H29Cl2F2N3O2. The zero-order chi connectivity index (χ0) is 23.3. The highest BCUT2D eigenvalue weighted by Gasteiger charge is 2.59. The number of hydrogen-bond donors (Lipinski definition) is 3. The van der Waals surface area contributed by atoms with Crippen molar-refractivity contribution in [3.8, 4) is 0 Å². The molecule has 3 saturated carbocycles. The third-order valence-electron chi connectivity index (χ3n) is 7.77. The minimum absolute atomic E-state index is 0.0470. The molecule has 0 radical (unpaired) electrons. The molecule has 5 nitrogen and oxygen atoms in total. The smallest absolute Gasteiger partial charge is 0.223 e. The summed E-state index contributed by atoms with van der Waals surface area (Å²) in [7, 11) is 1.79. The Morgan fingerprint density at radius 3 is 2.34 bits per heavy atom. The SMILES string of the molecule is CN[C@@H]1C[C@H](C(=O)NC(c2c(F)ccc(Cl)c2Cl)C23CCC(F)(CC2)C3)C[C@@H]1NC(C)=O. The van der Waals surface area contributed by atoms with E-state index in [4.69, 9.17) is 23.2 Å². The zero-order valence-corrected chi connectivity index (χ0v) is 19.8. The summed E-state index contributed by atoms with van der Waals surface area (Å²) in [5.41, 5.74) is -1.73. The van der Waals surface area contributed by atoms with Gasteiger partial charge >= 0.3 is 0 Å². The number of fused-ring (bicyclic) bond motifs is 2. The van der Waals surface area contributed by atoms with Crippen molar-refractivity contribution in [2.75, 3.05) is 7.05 Å². The van der Waals surface area contributed by atoms with E-state index >= 15 is 8.78 Å². The van der Waals surface area contributed by atoms with E-state index < -0.39 is 22.9 Å². The molecule has 0 saturated heterocycles. The van der Waals surface area contributed by atoms with Gasteiger partial charge in [-0.25, -0.2) is 8.78 Å². The molecule has 1 aromatic rings. The van der Waals surface area contributed by atoms with Crippen LogP contribution in [0, 0.1) is 17.2 Å². The highest BCUT2D eigenvalue weighted by Crippen LogP contribution is 2.64. The Labute approximate surface area is 197 Å². The molecule has 0 aromatic heterocycles. The van der Waals surface area contributed by atoms with Crippen LogP contribution in [0.25, 0.3) is 0 Å². The summed E-state index contributed by atoms with van der Waals surface area (Å²) >= 11 is 12.6. The number of rotatable bonds is 6. The fraction of sp³-hybridized carbons (Fsp3) is 0.652. The molecule has 4 rings (SSSR count). The number of halogens is 4. The lowest BCUT2D eigenvalue weighted by Gasteiger charge is -2.38. The Bertz CT molecular complexity index is 921. The van der Waals surface area contributed by atoms with E-state index in [-0.39, 0.29) is 51.8 Å². The minimum Gasteiger partial charge on any atom is -0.352 e. The van der Waals surface area contributed by atoms with Crippen LogP contribution in [0.15, 0.2) is 12.1 Å². The number of carbonyl (C=O) groups excluding carboxylic acids is 2. The molecule has 3 fully saturated rings. The van der Waals surface area contributed by atoms with E-state index in [2.05, 4.69) is 16.0 Å². The molecule has 1 aromatic carbocycles. The van der Waals surface area contributed by atoms with Gasteiger partial charge in [0.1, 0.15) is 11.5 Å². The molecule has 0 heterocycles. The van der Waals surface area contributed by atoms with Crippen LogP contribution in [0.3, 0.4) is 0 Å². The summed E-state index contributed by atoms with van der Waals surface area (Å²) in [5, 5.41) is 9.36. The Morgan fingerprint density at radius 1 is 1.12 bits per heavy atom. The lowest BCUT2D eigenvalue weighted by molar-refractivity contribution is -0.127. The van der Waals surface area contributed by atoms with Gasteiger partial charge < -0.3 is 16.0 Å². The van der Waals surface area contributed by atoms with E-state index in [1.165, 1.54) is 19.1 Å². The van der Waals surface area contributed by atoms with Gasteiger partial charge in [-0.3, -0.25) is 9.59 Å². The first-order valence-electron chi connectivity index (χ1n) is 11.1. The number of carbonyl (C=O) groups is 2. The van der Waals surface area contributed by atoms with Crippen molar-refractivity contribution in [1.82, 2.24) is 16.0 Å². The molecule has 9 heteroatoms. The van der Waals surface area contributed by atoms with E-state index in [9.17, 15) is 9.59 Å². The zero-order valence-electron chi connectivity index (χ0n) is 18.2. The van der Waals surface area contributed by atoms with Crippen molar-refractivity contribution in [1.29, 1.82) is 0 Å². The van der Waals surface area contributed by atoms with E-state index in [1.54, 1.807) is 7.05 Å². The average Bonchev–Trinajstić information content (AvgIpc) is 3.40. The summed E-state index contributed by atoms with van der Waals surface area (Å²) in [6.07, 6.45) is 3.17. The fourth-order valence-corrected chi connectivity index (χ4v) is 6.59. The van der Waals surface area contributed by atoms with Crippen molar-refractivity contribution in [3.05, 3.63) is 33.6 Å². The number of benzene rings is 1. The first kappa shape index (κ1) is 23.7. The molecule has 2 amide bonds. The van der Waals surface area contributed by atoms with Crippen LogP contribution >= 0.6 is 23.2 Å². The van der Waals surface area contributed by atoms with Crippen LogP contribution in [0.4, 0.5) is 8.78 Å². The van der Waals surface area contributed by atoms with Crippen molar-refractivity contribution in [2.24, 2.45) is 11.3 Å². The van der Waals surface area contributed by atoms with Gasteiger partial charge in [0, 0.05) is 30.5 Å². The molecule has 176 valence electrons. The number of alkyl halides is 1. The van der Waals surface area contributed by atoms with Crippen LogP contribution in [0.5, 0.6) is 0 Å². The molecule has 32 heavy (non-hydrogen) atoms. The topological polar surface area (TPSA) is 70.2 Å². The first-order chi connectivity index (χ1) is 15.1. The third-order valence-corrected chi connectivity index (χ3v) is 8.59. The van der Waals surface area contributed by atoms with Crippen molar-refractivity contribution in [2.45, 2.75) is 75.7 Å². The van der Waals surface area contributed by atoms with Gasteiger partial charge in [-0.05, 0) is 69.5 Å². The summed E-state index contributed by atoms with van der Waals surface area (Å²) in [4.78, 5) is 24.9. The Morgan fingerprint density at radius 2 is 1.78 bits per heavy atom. The highest BCUT2D eigenvalue weighted by atomic mass is 35.5. The fourth-order valence-electron chi connectivity index (χ4n) is 6.16. The number of hydrogen-bond acceptors (Lipinski definition) is 3. The number of nitrogens with one attached hydrogen (secondary N) is 3. The van der Waals surface area contributed by atoms with Crippen LogP contribution in [0.2, 0.25) is 10.0 Å². The summed E-state index contributed by atoms with van der Waals surface area (Å²) in [6.45, 7) is 1.45. The Kier molecular flexibility index (Phi) is 6.47. The van der Waals surface area contributed by atoms with Crippen LogP contribution < -0.4 is 16.0 Å². The Balaban J connectivity index is 1.63. The lowest BCUT2D eigenvalue weighted by Crippen LogP contribution is -2.44. The lowest BCUT2D eigenvalue weighted by atomic mass is 9.74. The molecule has 4 atom stereocenters. The van der Waals surface area contributed by atoms with Crippen LogP contribution in [-0.2, 0) is 9.59 Å². The number of amides is 2. The van der Waals surface area contributed by atoms with Gasteiger partial charge in [0.2, 0.25) is 11.8 Å². The average molecular weight is 488 g/mol. The second-order valence-electron chi connectivity index (χ2n) is 9.76. The largest absolute Gasteiger partial charge is 0.352 e. The molecular weight excluding hydrogens is 459 g/mol. The quantitative estimate of drug-likeness (QED) is 0.518. The summed E-state index contributed by atoms with van der Waals surface area (Å²) < 4.78 is 30.1. The van der Waals surface area contributed by atoms with Crippen molar-refractivity contribution < 1.29 is 18.4 Å². The van der Waals surface area contributed by atoms with E-state index in [1.807, 2.05) is 0 Å². The standard InChI is InChI=1S/C23H29Cl2F2N3O2/c1-12(31)29-17-10-13(9-16(17)28-2)21(32)30-20(18-15(26)4-3-14(24)19(18)25)22-5-7-23(27,11-22)8-6-22/h3-4,13,16-17,20,28H,5-11H2,1-2H3,(H,29,31)(H,30,32)/t13-,16+,17-,20?,22?,23?/m0/s1. The second kappa shape index (κ2) is 8.73. The summed E-state index contributed by atoms with van der Waals surface area (Å²) in [6, 6.07) is 1.64. The predicted molar refractivity (Wildman–Crippen MR) is 120 cm³/mol. The van der Waals surface area contributed by atoms with Crippen LogP contribution in [-0.4, -0.2) is 36.6 Å². The molecule has 3 N–H and O–H groups in total. The second-order valence-corrected chi connectivity index (χ2v) is 10.5. The van der Waals surface area contributed by atoms with Gasteiger partial charge in [-0.1, -0.05) is 23.2 Å². The molecule has 0 spiro atoms. The maximum absolute atomic E-state index is 15.1. The maximum atomic E-state index is 15.1. The molecule has 3 aliphatic rings. The Hall–Kier alpha value is -1.44. The van der Waals surface area contributed by atoms with Gasteiger partial charge in [0.05, 0.1) is 16.1 Å². The number of likely N-dealkylation sites (N-methyl/N-ethyl adjacent to an activating group) is 1. The molecule has 2 bridgehead atoms. The van der Waals surface area contributed by atoms with Gasteiger partial charge in [0.15, 0.2) is 0 Å². The van der Waals surface area contributed by atoms with Gasteiger partial charge in [-0.2, -0.15) is 0 Å². The van der Waals surface area contributed by atoms with E-state index in [0.717, 1.165) is 0 Å². The molecule has 0 aliphatic heterocycles. The monoisotopic (exact) mass is 487 g/mol. The van der Waals surface area contributed by atoms with Crippen molar-refractivity contribution >= 4 is 35.0 Å². The molecule has 1 unspecified atom stereocenters. The van der Waals surface area contributed by atoms with Crippen molar-refractivity contribution in [3.63, 3.8) is 0 Å². The summed E-state index contributed by atoms with van der Waals surface area (Å²) in [5.74, 6) is -1.33. The van der Waals surface area contributed by atoms with Crippen LogP contribution in [0.1, 0.15) is 63.5 Å². The first-order valence-corrected chi connectivity index (χ1v) is 11.9.